The van der Waals surface area contributed by atoms with Crippen molar-refractivity contribution in [2.24, 2.45) is 0 Å². The second kappa shape index (κ2) is 6.45. The molecule has 2 fully saturated rings. The van der Waals surface area contributed by atoms with E-state index in [1.807, 2.05) is 0 Å². The average molecular weight is 344 g/mol. The SMILES string of the molecule is O=C1C[C@H]2[C@H](CCN2C(=O)CCC(F)(F)F)N1CCc1cn[nH]c1. The van der Waals surface area contributed by atoms with E-state index in [4.69, 9.17) is 0 Å². The number of carbonyl (C=O) groups is 2. The molecule has 1 N–H and O–H groups in total. The molecule has 0 radical (unpaired) electrons. The fourth-order valence-electron chi connectivity index (χ4n) is 3.58. The highest BCUT2D eigenvalue weighted by molar-refractivity contribution is 5.83. The van der Waals surface area contributed by atoms with Gasteiger partial charge in [0.25, 0.3) is 0 Å². The maximum absolute atomic E-state index is 12.3. The van der Waals surface area contributed by atoms with E-state index in [1.54, 1.807) is 17.3 Å². The minimum Gasteiger partial charge on any atom is -0.337 e. The number of hydrogen-bond acceptors (Lipinski definition) is 3. The summed E-state index contributed by atoms with van der Waals surface area (Å²) in [4.78, 5) is 27.5. The maximum atomic E-state index is 12.3. The first-order valence-electron chi connectivity index (χ1n) is 7.98. The van der Waals surface area contributed by atoms with E-state index in [9.17, 15) is 22.8 Å². The predicted octanol–water partition coefficient (Wildman–Crippen LogP) is 1.50. The average Bonchev–Trinajstić information content (AvgIpc) is 3.19. The van der Waals surface area contributed by atoms with Crippen molar-refractivity contribution in [1.29, 1.82) is 0 Å². The first-order chi connectivity index (χ1) is 11.3. The Bertz CT molecular complexity index is 602. The predicted molar refractivity (Wildman–Crippen MR) is 77.8 cm³/mol. The van der Waals surface area contributed by atoms with Crippen LogP contribution in [0.25, 0.3) is 0 Å². The van der Waals surface area contributed by atoms with Crippen LogP contribution in [0.3, 0.4) is 0 Å². The Hall–Kier alpha value is -2.06. The number of aromatic nitrogens is 2. The van der Waals surface area contributed by atoms with Gasteiger partial charge in [-0.1, -0.05) is 0 Å². The zero-order valence-electron chi connectivity index (χ0n) is 13.1. The van der Waals surface area contributed by atoms with Crippen LogP contribution in [-0.4, -0.2) is 63.2 Å². The molecule has 0 unspecified atom stereocenters. The standard InChI is InChI=1S/C15H19F3N4O2/c16-15(17,18)4-1-13(23)22-6-3-11-12(22)7-14(24)21(11)5-2-10-8-19-20-9-10/h8-9,11-12H,1-7H2,(H,19,20)/t11-,12-/m0/s1. The number of H-pyrrole nitrogens is 1. The molecule has 0 saturated carbocycles. The number of carbonyl (C=O) groups excluding carboxylic acids is 2. The highest BCUT2D eigenvalue weighted by atomic mass is 19.4. The third-order valence-corrected chi connectivity index (χ3v) is 4.75. The molecule has 0 aliphatic carbocycles. The number of fused-ring (bicyclic) bond motifs is 1. The number of aromatic amines is 1. The molecule has 132 valence electrons. The molecule has 1 aromatic rings. The van der Waals surface area contributed by atoms with Crippen molar-refractivity contribution in [3.63, 3.8) is 0 Å². The van der Waals surface area contributed by atoms with E-state index < -0.39 is 24.9 Å². The number of nitrogens with zero attached hydrogens (tertiary/aromatic N) is 3. The van der Waals surface area contributed by atoms with Crippen LogP contribution in [-0.2, 0) is 16.0 Å². The molecule has 1 aromatic heterocycles. The van der Waals surface area contributed by atoms with Crippen LogP contribution in [0.2, 0.25) is 0 Å². The van der Waals surface area contributed by atoms with Gasteiger partial charge in [-0.05, 0) is 18.4 Å². The normalized spacial score (nSPS) is 23.9. The lowest BCUT2D eigenvalue weighted by Crippen LogP contribution is -2.40. The number of halogens is 3. The number of nitrogens with one attached hydrogen (secondary N) is 1. The van der Waals surface area contributed by atoms with Crippen molar-refractivity contribution < 1.29 is 22.8 Å². The fourth-order valence-corrected chi connectivity index (χ4v) is 3.58. The molecule has 2 aliphatic rings. The molecular formula is C15H19F3N4O2. The summed E-state index contributed by atoms with van der Waals surface area (Å²) in [5.74, 6) is -0.550. The summed E-state index contributed by atoms with van der Waals surface area (Å²) in [6, 6.07) is -0.373. The summed E-state index contributed by atoms with van der Waals surface area (Å²) < 4.78 is 36.9. The number of likely N-dealkylation sites (tertiary alicyclic amines) is 2. The number of hydrogen-bond donors (Lipinski definition) is 1. The molecule has 6 nitrogen and oxygen atoms in total. The number of alkyl halides is 3. The van der Waals surface area contributed by atoms with Crippen molar-refractivity contribution >= 4 is 11.8 Å². The van der Waals surface area contributed by atoms with Crippen LogP contribution in [0.1, 0.15) is 31.2 Å². The molecule has 3 rings (SSSR count). The van der Waals surface area contributed by atoms with Gasteiger partial charge < -0.3 is 9.80 Å². The van der Waals surface area contributed by atoms with E-state index in [1.165, 1.54) is 4.90 Å². The number of amides is 2. The second-order valence-corrected chi connectivity index (χ2v) is 6.27. The third kappa shape index (κ3) is 3.54. The quantitative estimate of drug-likeness (QED) is 0.880. The van der Waals surface area contributed by atoms with Crippen LogP contribution >= 0.6 is 0 Å². The van der Waals surface area contributed by atoms with Crippen molar-refractivity contribution in [1.82, 2.24) is 20.0 Å². The lowest BCUT2D eigenvalue weighted by molar-refractivity contribution is -0.149. The van der Waals surface area contributed by atoms with Crippen molar-refractivity contribution in [3.05, 3.63) is 18.0 Å². The molecule has 2 saturated heterocycles. The van der Waals surface area contributed by atoms with Gasteiger partial charge in [0.05, 0.1) is 24.7 Å². The Morgan fingerprint density at radius 1 is 1.38 bits per heavy atom. The van der Waals surface area contributed by atoms with Gasteiger partial charge in [0.2, 0.25) is 11.8 Å². The Balaban J connectivity index is 1.58. The van der Waals surface area contributed by atoms with Crippen LogP contribution < -0.4 is 0 Å². The van der Waals surface area contributed by atoms with Gasteiger partial charge in [0.15, 0.2) is 0 Å². The minimum atomic E-state index is -4.34. The van der Waals surface area contributed by atoms with Crippen molar-refractivity contribution in [3.8, 4) is 0 Å². The molecular weight excluding hydrogens is 325 g/mol. The van der Waals surface area contributed by atoms with Crippen LogP contribution in [0, 0.1) is 0 Å². The minimum absolute atomic E-state index is 0.0400. The van der Waals surface area contributed by atoms with E-state index in [0.717, 1.165) is 5.56 Å². The van der Waals surface area contributed by atoms with Crippen molar-refractivity contribution in [2.45, 2.75) is 50.4 Å². The Kier molecular flexibility index (Phi) is 4.51. The van der Waals surface area contributed by atoms with Crippen molar-refractivity contribution in [2.75, 3.05) is 13.1 Å². The molecule has 2 aliphatic heterocycles. The highest BCUT2D eigenvalue weighted by Gasteiger charge is 2.48. The Morgan fingerprint density at radius 2 is 2.17 bits per heavy atom. The first kappa shape index (κ1) is 16.8. The molecule has 24 heavy (non-hydrogen) atoms. The molecule has 3 heterocycles. The summed E-state index contributed by atoms with van der Waals surface area (Å²) in [5.41, 5.74) is 0.988. The fraction of sp³-hybridized carbons (Fsp3) is 0.667. The molecule has 9 heteroatoms. The summed E-state index contributed by atoms with van der Waals surface area (Å²) in [6.07, 6.45) is -1.05. The van der Waals surface area contributed by atoms with Gasteiger partial charge in [-0.2, -0.15) is 18.3 Å². The molecule has 0 bridgehead atoms. The van der Waals surface area contributed by atoms with Gasteiger partial charge >= 0.3 is 6.18 Å². The number of rotatable bonds is 5. The Morgan fingerprint density at radius 3 is 2.83 bits per heavy atom. The monoisotopic (exact) mass is 344 g/mol. The summed E-state index contributed by atoms with van der Waals surface area (Å²) in [6.45, 7) is 0.950. The van der Waals surface area contributed by atoms with Crippen LogP contribution in [0.5, 0.6) is 0 Å². The van der Waals surface area contributed by atoms with Gasteiger partial charge in [-0.15, -0.1) is 0 Å². The van der Waals surface area contributed by atoms with E-state index >= 15 is 0 Å². The Labute approximate surface area is 137 Å². The summed E-state index contributed by atoms with van der Waals surface area (Å²) >= 11 is 0. The molecule has 2 amide bonds. The first-order valence-corrected chi connectivity index (χ1v) is 7.98. The third-order valence-electron chi connectivity index (χ3n) is 4.75. The highest BCUT2D eigenvalue weighted by Crippen LogP contribution is 2.33. The summed E-state index contributed by atoms with van der Waals surface area (Å²) in [7, 11) is 0. The zero-order valence-corrected chi connectivity index (χ0v) is 13.1. The van der Waals surface area contributed by atoms with Gasteiger partial charge in [-0.25, -0.2) is 0 Å². The van der Waals surface area contributed by atoms with Gasteiger partial charge in [-0.3, -0.25) is 14.7 Å². The largest absolute Gasteiger partial charge is 0.389 e. The van der Waals surface area contributed by atoms with E-state index in [0.29, 0.717) is 25.9 Å². The molecule has 2 atom stereocenters. The summed E-state index contributed by atoms with van der Waals surface area (Å²) in [5, 5.41) is 6.57. The van der Waals surface area contributed by atoms with Gasteiger partial charge in [0.1, 0.15) is 0 Å². The van der Waals surface area contributed by atoms with E-state index in [2.05, 4.69) is 10.2 Å². The van der Waals surface area contributed by atoms with Gasteiger partial charge in [0, 0.05) is 32.1 Å². The molecule has 0 spiro atoms. The lowest BCUT2D eigenvalue weighted by atomic mass is 10.1. The molecule has 0 aromatic carbocycles. The topological polar surface area (TPSA) is 69.3 Å². The smallest absolute Gasteiger partial charge is 0.337 e. The van der Waals surface area contributed by atoms with E-state index in [-0.39, 0.29) is 24.4 Å². The maximum Gasteiger partial charge on any atom is 0.389 e. The lowest BCUT2D eigenvalue weighted by Gasteiger charge is -2.25. The van der Waals surface area contributed by atoms with Crippen LogP contribution in [0.4, 0.5) is 13.2 Å². The van der Waals surface area contributed by atoms with Crippen LogP contribution in [0.15, 0.2) is 12.4 Å². The second-order valence-electron chi connectivity index (χ2n) is 6.27. The zero-order chi connectivity index (χ0) is 17.3.